The molecule has 3 rings (SSSR count). The standard InChI is InChI=1S/C23H22N2O3/c1-25(16-17-9-4-3-5-10-17)23(27)18-11-8-12-19(15-18)24-22(26)20-13-6-7-14-21(20)28-2/h3-15H,16H2,1-2H3,(H,24,26). The van der Waals surface area contributed by atoms with Crippen molar-refractivity contribution in [3.8, 4) is 5.75 Å². The maximum atomic E-state index is 12.8. The van der Waals surface area contributed by atoms with Crippen molar-refractivity contribution in [2.24, 2.45) is 0 Å². The lowest BCUT2D eigenvalue weighted by atomic mass is 10.1. The van der Waals surface area contributed by atoms with E-state index in [-0.39, 0.29) is 11.8 Å². The zero-order chi connectivity index (χ0) is 19.9. The van der Waals surface area contributed by atoms with Gasteiger partial charge in [-0.15, -0.1) is 0 Å². The van der Waals surface area contributed by atoms with E-state index in [1.54, 1.807) is 60.5 Å². The Balaban J connectivity index is 1.73. The topological polar surface area (TPSA) is 58.6 Å². The predicted octanol–water partition coefficient (Wildman–Crippen LogP) is 4.22. The van der Waals surface area contributed by atoms with E-state index in [2.05, 4.69) is 5.32 Å². The fourth-order valence-corrected chi connectivity index (χ4v) is 2.91. The average molecular weight is 374 g/mol. The summed E-state index contributed by atoms with van der Waals surface area (Å²) in [6, 6.07) is 23.7. The summed E-state index contributed by atoms with van der Waals surface area (Å²) in [4.78, 5) is 27.0. The van der Waals surface area contributed by atoms with E-state index >= 15 is 0 Å². The molecule has 0 aliphatic heterocycles. The van der Waals surface area contributed by atoms with Crippen LogP contribution in [0.3, 0.4) is 0 Å². The second-order valence-corrected chi connectivity index (χ2v) is 6.38. The molecule has 0 bridgehead atoms. The number of hydrogen-bond donors (Lipinski definition) is 1. The minimum Gasteiger partial charge on any atom is -0.496 e. The summed E-state index contributed by atoms with van der Waals surface area (Å²) in [6.45, 7) is 0.511. The van der Waals surface area contributed by atoms with E-state index in [0.717, 1.165) is 5.56 Å². The van der Waals surface area contributed by atoms with Crippen molar-refractivity contribution in [2.75, 3.05) is 19.5 Å². The number of ether oxygens (including phenoxy) is 1. The molecule has 0 atom stereocenters. The van der Waals surface area contributed by atoms with Crippen molar-refractivity contribution in [2.45, 2.75) is 6.54 Å². The summed E-state index contributed by atoms with van der Waals surface area (Å²) in [5.41, 5.74) is 2.55. The molecule has 28 heavy (non-hydrogen) atoms. The van der Waals surface area contributed by atoms with E-state index in [1.165, 1.54) is 7.11 Å². The molecule has 5 heteroatoms. The highest BCUT2D eigenvalue weighted by Crippen LogP contribution is 2.20. The van der Waals surface area contributed by atoms with Crippen LogP contribution in [0.15, 0.2) is 78.9 Å². The Hall–Kier alpha value is -3.60. The molecule has 0 fully saturated rings. The van der Waals surface area contributed by atoms with Crippen LogP contribution in [-0.2, 0) is 6.54 Å². The molecule has 0 aliphatic carbocycles. The molecule has 3 aromatic carbocycles. The number of nitrogens with one attached hydrogen (secondary N) is 1. The molecule has 0 aliphatic rings. The van der Waals surface area contributed by atoms with Crippen LogP contribution in [0, 0.1) is 0 Å². The Labute approximate surface area is 164 Å². The molecular formula is C23H22N2O3. The molecule has 0 saturated carbocycles. The van der Waals surface area contributed by atoms with Gasteiger partial charge in [-0.25, -0.2) is 0 Å². The van der Waals surface area contributed by atoms with Gasteiger partial charge in [0.1, 0.15) is 5.75 Å². The minimum atomic E-state index is -0.292. The molecule has 0 unspecified atom stereocenters. The minimum absolute atomic E-state index is 0.114. The van der Waals surface area contributed by atoms with E-state index < -0.39 is 0 Å². The van der Waals surface area contributed by atoms with Crippen molar-refractivity contribution in [3.63, 3.8) is 0 Å². The van der Waals surface area contributed by atoms with Crippen LogP contribution < -0.4 is 10.1 Å². The van der Waals surface area contributed by atoms with Crippen molar-refractivity contribution in [1.29, 1.82) is 0 Å². The third kappa shape index (κ3) is 4.57. The highest BCUT2D eigenvalue weighted by Gasteiger charge is 2.15. The smallest absolute Gasteiger partial charge is 0.259 e. The molecule has 142 valence electrons. The number of carbonyl (C=O) groups excluding carboxylic acids is 2. The third-order valence-corrected chi connectivity index (χ3v) is 4.33. The van der Waals surface area contributed by atoms with Crippen molar-refractivity contribution < 1.29 is 14.3 Å². The van der Waals surface area contributed by atoms with Crippen LogP contribution in [0.4, 0.5) is 5.69 Å². The number of rotatable bonds is 6. The van der Waals surface area contributed by atoms with Gasteiger partial charge in [0.2, 0.25) is 0 Å². The first-order chi connectivity index (χ1) is 13.6. The largest absolute Gasteiger partial charge is 0.496 e. The first kappa shape index (κ1) is 19.2. The monoisotopic (exact) mass is 374 g/mol. The lowest BCUT2D eigenvalue weighted by Gasteiger charge is -2.18. The summed E-state index contributed by atoms with van der Waals surface area (Å²) < 4.78 is 5.23. The second-order valence-electron chi connectivity index (χ2n) is 6.38. The van der Waals surface area contributed by atoms with Gasteiger partial charge in [-0.2, -0.15) is 0 Å². The van der Waals surface area contributed by atoms with Gasteiger partial charge in [0.25, 0.3) is 11.8 Å². The van der Waals surface area contributed by atoms with Crippen molar-refractivity contribution >= 4 is 17.5 Å². The number of nitrogens with zero attached hydrogens (tertiary/aromatic N) is 1. The Morgan fingerprint density at radius 2 is 1.64 bits per heavy atom. The Kier molecular flexibility index (Phi) is 6.07. The average Bonchev–Trinajstić information content (AvgIpc) is 2.74. The number of benzene rings is 3. The van der Waals surface area contributed by atoms with Gasteiger partial charge < -0.3 is 15.0 Å². The normalized spacial score (nSPS) is 10.2. The molecule has 1 N–H and O–H groups in total. The van der Waals surface area contributed by atoms with Gasteiger partial charge in [0, 0.05) is 24.8 Å². The molecular weight excluding hydrogens is 352 g/mol. The fraction of sp³-hybridized carbons (Fsp3) is 0.130. The lowest BCUT2D eigenvalue weighted by molar-refractivity contribution is 0.0784. The molecule has 5 nitrogen and oxygen atoms in total. The fourth-order valence-electron chi connectivity index (χ4n) is 2.91. The summed E-state index contributed by atoms with van der Waals surface area (Å²) in [5.74, 6) is 0.0896. The van der Waals surface area contributed by atoms with Gasteiger partial charge in [-0.1, -0.05) is 48.5 Å². The second kappa shape index (κ2) is 8.86. The summed E-state index contributed by atoms with van der Waals surface area (Å²) in [7, 11) is 3.28. The Morgan fingerprint density at radius 1 is 0.929 bits per heavy atom. The number of methoxy groups -OCH3 is 1. The Morgan fingerprint density at radius 3 is 2.39 bits per heavy atom. The highest BCUT2D eigenvalue weighted by atomic mass is 16.5. The van der Waals surface area contributed by atoms with E-state index in [9.17, 15) is 9.59 Å². The predicted molar refractivity (Wildman–Crippen MR) is 110 cm³/mol. The van der Waals surface area contributed by atoms with Crippen molar-refractivity contribution in [3.05, 3.63) is 95.6 Å². The van der Waals surface area contributed by atoms with Gasteiger partial charge in [0.05, 0.1) is 12.7 Å². The number of hydrogen-bond acceptors (Lipinski definition) is 3. The van der Waals surface area contributed by atoms with Crippen LogP contribution in [-0.4, -0.2) is 30.9 Å². The summed E-state index contributed by atoms with van der Waals surface area (Å²) in [6.07, 6.45) is 0. The van der Waals surface area contributed by atoms with E-state index in [4.69, 9.17) is 4.74 Å². The quantitative estimate of drug-likeness (QED) is 0.703. The molecule has 0 heterocycles. The first-order valence-corrected chi connectivity index (χ1v) is 8.92. The summed E-state index contributed by atoms with van der Waals surface area (Å²) in [5, 5.41) is 2.83. The van der Waals surface area contributed by atoms with E-state index in [1.807, 2.05) is 30.3 Å². The number of carbonyl (C=O) groups is 2. The number of amides is 2. The zero-order valence-electron chi connectivity index (χ0n) is 15.9. The Bertz CT molecular complexity index is 970. The molecule has 3 aromatic rings. The molecule has 2 amide bonds. The van der Waals surface area contributed by atoms with Crippen LogP contribution in [0.2, 0.25) is 0 Å². The van der Waals surface area contributed by atoms with Crippen molar-refractivity contribution in [1.82, 2.24) is 4.90 Å². The highest BCUT2D eigenvalue weighted by molar-refractivity contribution is 6.06. The van der Waals surface area contributed by atoms with Gasteiger partial charge in [0.15, 0.2) is 0 Å². The van der Waals surface area contributed by atoms with Crippen LogP contribution in [0.1, 0.15) is 26.3 Å². The maximum absolute atomic E-state index is 12.8. The van der Waals surface area contributed by atoms with E-state index in [0.29, 0.717) is 29.1 Å². The van der Waals surface area contributed by atoms with Gasteiger partial charge in [-0.3, -0.25) is 9.59 Å². The van der Waals surface area contributed by atoms with Crippen LogP contribution in [0.25, 0.3) is 0 Å². The molecule has 0 aromatic heterocycles. The maximum Gasteiger partial charge on any atom is 0.259 e. The number of para-hydroxylation sites is 1. The summed E-state index contributed by atoms with van der Waals surface area (Å²) >= 11 is 0. The van der Waals surface area contributed by atoms with Gasteiger partial charge in [-0.05, 0) is 35.9 Å². The van der Waals surface area contributed by atoms with Crippen LogP contribution in [0.5, 0.6) is 5.75 Å². The lowest BCUT2D eigenvalue weighted by Crippen LogP contribution is -2.26. The first-order valence-electron chi connectivity index (χ1n) is 8.92. The molecule has 0 saturated heterocycles. The SMILES string of the molecule is COc1ccccc1C(=O)Nc1cccc(C(=O)N(C)Cc2ccccc2)c1. The number of anilines is 1. The van der Waals surface area contributed by atoms with Crippen LogP contribution >= 0.6 is 0 Å². The van der Waals surface area contributed by atoms with Gasteiger partial charge >= 0.3 is 0 Å². The molecule has 0 spiro atoms. The zero-order valence-corrected chi connectivity index (χ0v) is 15.9. The molecule has 0 radical (unpaired) electrons. The third-order valence-electron chi connectivity index (χ3n) is 4.33.